The Morgan fingerprint density at radius 1 is 0.854 bits per heavy atom. The average Bonchev–Trinajstić information content (AvgIpc) is 3.44. The van der Waals surface area contributed by atoms with Crippen molar-refractivity contribution < 1.29 is 24.2 Å². The Balaban J connectivity index is 1.11. The van der Waals surface area contributed by atoms with E-state index in [4.69, 9.17) is 4.74 Å². The number of carboxylic acid groups (broad SMARTS) is 1. The molecule has 2 heterocycles. The second kappa shape index (κ2) is 11.7. The fraction of sp³-hybridized carbons (Fsp3) is 0.364. The number of amides is 2. The van der Waals surface area contributed by atoms with Crippen LogP contribution in [0.15, 0.2) is 78.9 Å². The molecule has 2 fully saturated rings. The largest absolute Gasteiger partial charge is 0.481 e. The van der Waals surface area contributed by atoms with Gasteiger partial charge in [-0.25, -0.2) is 4.79 Å². The Hall–Kier alpha value is -4.17. The van der Waals surface area contributed by atoms with E-state index >= 15 is 0 Å². The molecule has 2 amide bonds. The Morgan fingerprint density at radius 3 is 2.17 bits per heavy atom. The molecule has 6 rings (SSSR count). The highest BCUT2D eigenvalue weighted by Crippen LogP contribution is 2.44. The van der Waals surface area contributed by atoms with Crippen LogP contribution < -0.4 is 5.32 Å². The third kappa shape index (κ3) is 5.70. The van der Waals surface area contributed by atoms with Gasteiger partial charge >= 0.3 is 12.1 Å². The van der Waals surface area contributed by atoms with Gasteiger partial charge in [0.15, 0.2) is 0 Å². The summed E-state index contributed by atoms with van der Waals surface area (Å²) in [5.74, 6) is -1.64. The predicted octanol–water partition coefficient (Wildman–Crippen LogP) is 4.63. The number of aliphatic carboxylic acids is 1. The van der Waals surface area contributed by atoms with Crippen LogP contribution in [0.2, 0.25) is 0 Å². The lowest BCUT2D eigenvalue weighted by Gasteiger charge is -2.30. The second-order valence-electron chi connectivity index (χ2n) is 11.2. The van der Waals surface area contributed by atoms with E-state index in [0.717, 1.165) is 48.1 Å². The van der Waals surface area contributed by atoms with Gasteiger partial charge in [0.1, 0.15) is 12.6 Å². The molecule has 0 radical (unpaired) electrons. The second-order valence-corrected chi connectivity index (χ2v) is 11.2. The summed E-state index contributed by atoms with van der Waals surface area (Å²) < 4.78 is 5.62. The van der Waals surface area contributed by atoms with E-state index in [1.807, 2.05) is 54.6 Å². The summed E-state index contributed by atoms with van der Waals surface area (Å²) in [7, 11) is 0. The molecule has 2 saturated heterocycles. The lowest BCUT2D eigenvalue weighted by molar-refractivity contribution is -0.142. The topological polar surface area (TPSA) is 99.2 Å². The Kier molecular flexibility index (Phi) is 7.74. The standard InChI is InChI=1S/C33H35N3O5/c37-31(38)18-30(32(39)35-17-16-23-14-15-24(20-35)36(23)19-22-8-2-1-3-9-22)34-33(40)41-21-29-27-12-6-4-10-25(27)26-11-5-7-13-28(26)29/h1-13,23-24,29-30H,14-21H2,(H,34,40)(H,37,38). The lowest BCUT2D eigenvalue weighted by atomic mass is 9.98. The molecule has 0 aromatic heterocycles. The highest BCUT2D eigenvalue weighted by molar-refractivity contribution is 5.89. The minimum atomic E-state index is -1.19. The van der Waals surface area contributed by atoms with Crippen LogP contribution in [0.4, 0.5) is 4.79 Å². The summed E-state index contributed by atoms with van der Waals surface area (Å²) in [4.78, 5) is 42.5. The van der Waals surface area contributed by atoms with E-state index in [1.165, 1.54) is 5.56 Å². The first-order valence-electron chi connectivity index (χ1n) is 14.4. The quantitative estimate of drug-likeness (QED) is 0.422. The third-order valence-corrected chi connectivity index (χ3v) is 8.77. The van der Waals surface area contributed by atoms with Crippen molar-refractivity contribution in [3.05, 3.63) is 95.6 Å². The fourth-order valence-electron chi connectivity index (χ4n) is 6.80. The monoisotopic (exact) mass is 553 g/mol. The number of benzene rings is 3. The van der Waals surface area contributed by atoms with Gasteiger partial charge in [0.25, 0.3) is 0 Å². The minimum Gasteiger partial charge on any atom is -0.481 e. The lowest BCUT2D eigenvalue weighted by Crippen LogP contribution is -2.51. The van der Waals surface area contributed by atoms with Crippen LogP contribution in [0, 0.1) is 0 Å². The number of carboxylic acids is 1. The van der Waals surface area contributed by atoms with E-state index < -0.39 is 24.5 Å². The van der Waals surface area contributed by atoms with Crippen molar-refractivity contribution in [3.8, 4) is 11.1 Å². The molecule has 0 saturated carbocycles. The molecule has 2 bridgehead atoms. The maximum atomic E-state index is 13.6. The number of fused-ring (bicyclic) bond motifs is 5. The zero-order chi connectivity index (χ0) is 28.3. The first-order valence-corrected chi connectivity index (χ1v) is 14.4. The molecule has 3 unspecified atom stereocenters. The van der Waals surface area contributed by atoms with Crippen LogP contribution in [0.25, 0.3) is 11.1 Å². The van der Waals surface area contributed by atoms with E-state index in [0.29, 0.717) is 19.1 Å². The van der Waals surface area contributed by atoms with Gasteiger partial charge < -0.3 is 20.1 Å². The van der Waals surface area contributed by atoms with Crippen molar-refractivity contribution in [2.24, 2.45) is 0 Å². The molecule has 3 aliphatic rings. The number of hydrogen-bond donors (Lipinski definition) is 2. The van der Waals surface area contributed by atoms with Crippen molar-refractivity contribution in [1.29, 1.82) is 0 Å². The van der Waals surface area contributed by atoms with Gasteiger partial charge in [-0.2, -0.15) is 0 Å². The number of hydrogen-bond acceptors (Lipinski definition) is 5. The van der Waals surface area contributed by atoms with Crippen LogP contribution in [-0.4, -0.2) is 70.7 Å². The summed E-state index contributed by atoms with van der Waals surface area (Å²) in [6, 6.07) is 25.8. The summed E-state index contributed by atoms with van der Waals surface area (Å²) >= 11 is 0. The summed E-state index contributed by atoms with van der Waals surface area (Å²) in [6.45, 7) is 1.98. The average molecular weight is 554 g/mol. The maximum Gasteiger partial charge on any atom is 0.407 e. The number of rotatable bonds is 8. The van der Waals surface area contributed by atoms with Crippen LogP contribution in [0.1, 0.15) is 48.3 Å². The minimum absolute atomic E-state index is 0.0930. The fourth-order valence-corrected chi connectivity index (χ4v) is 6.80. The molecule has 2 N–H and O–H groups in total. The maximum absolute atomic E-state index is 13.6. The van der Waals surface area contributed by atoms with Gasteiger partial charge in [0.2, 0.25) is 5.91 Å². The van der Waals surface area contributed by atoms with Crippen molar-refractivity contribution >= 4 is 18.0 Å². The zero-order valence-corrected chi connectivity index (χ0v) is 22.9. The number of carbonyl (C=O) groups is 3. The molecule has 3 atom stereocenters. The molecule has 8 nitrogen and oxygen atoms in total. The number of nitrogens with one attached hydrogen (secondary N) is 1. The molecule has 1 aliphatic carbocycles. The normalized spacial score (nSPS) is 20.5. The van der Waals surface area contributed by atoms with Gasteiger partial charge in [-0.15, -0.1) is 0 Å². The number of likely N-dealkylation sites (tertiary alicyclic amines) is 1. The SMILES string of the molecule is O=C(O)CC(NC(=O)OCC1c2ccccc2-c2ccccc21)C(=O)N1CCC2CCC(C1)N2Cc1ccccc1. The summed E-state index contributed by atoms with van der Waals surface area (Å²) in [5.41, 5.74) is 5.64. The van der Waals surface area contributed by atoms with Crippen LogP contribution in [-0.2, 0) is 20.9 Å². The van der Waals surface area contributed by atoms with Crippen molar-refractivity contribution in [3.63, 3.8) is 0 Å². The summed E-state index contributed by atoms with van der Waals surface area (Å²) in [5, 5.41) is 12.1. The number of ether oxygens (including phenoxy) is 1. The van der Waals surface area contributed by atoms with Crippen LogP contribution in [0.3, 0.4) is 0 Å². The molecule has 0 spiro atoms. The van der Waals surface area contributed by atoms with E-state index in [9.17, 15) is 19.5 Å². The Bertz CT molecular complexity index is 1380. The van der Waals surface area contributed by atoms with Crippen molar-refractivity contribution in [2.45, 2.75) is 56.3 Å². The number of alkyl carbamates (subject to hydrolysis) is 1. The predicted molar refractivity (Wildman–Crippen MR) is 154 cm³/mol. The van der Waals surface area contributed by atoms with Gasteiger partial charge in [-0.3, -0.25) is 14.5 Å². The molecule has 3 aromatic carbocycles. The van der Waals surface area contributed by atoms with Crippen molar-refractivity contribution in [1.82, 2.24) is 15.1 Å². The van der Waals surface area contributed by atoms with E-state index in [2.05, 4.69) is 34.5 Å². The number of nitrogens with zero attached hydrogens (tertiary/aromatic N) is 2. The first-order chi connectivity index (χ1) is 20.0. The molecule has 2 aliphatic heterocycles. The van der Waals surface area contributed by atoms with Gasteiger partial charge in [-0.05, 0) is 47.1 Å². The third-order valence-electron chi connectivity index (χ3n) is 8.77. The molecular weight excluding hydrogens is 518 g/mol. The van der Waals surface area contributed by atoms with Crippen LogP contribution >= 0.6 is 0 Å². The van der Waals surface area contributed by atoms with Crippen molar-refractivity contribution in [2.75, 3.05) is 19.7 Å². The molecular formula is C33H35N3O5. The molecule has 3 aromatic rings. The highest BCUT2D eigenvalue weighted by atomic mass is 16.5. The molecule has 41 heavy (non-hydrogen) atoms. The van der Waals surface area contributed by atoms with E-state index in [1.54, 1.807) is 4.90 Å². The molecule has 212 valence electrons. The zero-order valence-electron chi connectivity index (χ0n) is 22.9. The van der Waals surface area contributed by atoms with Crippen LogP contribution in [0.5, 0.6) is 0 Å². The summed E-state index contributed by atoms with van der Waals surface area (Å²) in [6.07, 6.45) is 1.62. The van der Waals surface area contributed by atoms with Gasteiger partial charge in [-0.1, -0.05) is 78.9 Å². The highest BCUT2D eigenvalue weighted by Gasteiger charge is 2.40. The number of carbonyl (C=O) groups excluding carboxylic acids is 2. The smallest absolute Gasteiger partial charge is 0.407 e. The Labute approximate surface area is 239 Å². The van der Waals surface area contributed by atoms with Gasteiger partial charge in [0.05, 0.1) is 6.42 Å². The van der Waals surface area contributed by atoms with Gasteiger partial charge in [0, 0.05) is 37.6 Å². The first kappa shape index (κ1) is 27.0. The van der Waals surface area contributed by atoms with E-state index in [-0.39, 0.29) is 24.5 Å². The Morgan fingerprint density at radius 2 is 1.49 bits per heavy atom. The molecule has 8 heteroatoms.